The molecule has 2 fully saturated rings. The zero-order valence-corrected chi connectivity index (χ0v) is 31.2. The van der Waals surface area contributed by atoms with Crippen LogP contribution in [0.3, 0.4) is 0 Å². The topological polar surface area (TPSA) is 84.2 Å². The van der Waals surface area contributed by atoms with Crippen LogP contribution in [0.1, 0.15) is 87.9 Å². The minimum atomic E-state index is -1.82. The second kappa shape index (κ2) is 12.6. The highest BCUT2D eigenvalue weighted by Crippen LogP contribution is 2.64. The predicted molar refractivity (Wildman–Crippen MR) is 178 cm³/mol. The number of fused-ring (bicyclic) bond motifs is 1. The van der Waals surface area contributed by atoms with Crippen LogP contribution in [-0.4, -0.2) is 48.5 Å². The van der Waals surface area contributed by atoms with Crippen molar-refractivity contribution in [2.75, 3.05) is 14.2 Å². The third kappa shape index (κ3) is 7.76. The SMILES string of the molecule is C=C1CC[C@@H]2[C@](C)(CC[C@@H](O[Si](C)(C)C)[C@@]2(C)CCC(C)(C)O[Si](C)(C)C)[C@@H]1Cc1c(OC)oc(C)c(C(=O)OC)c1=O. The number of allylic oxidation sites excluding steroid dienone is 1. The summed E-state index contributed by atoms with van der Waals surface area (Å²) in [5.74, 6) is 0.0501. The smallest absolute Gasteiger partial charge is 0.345 e. The average molecular weight is 635 g/mol. The zero-order chi connectivity index (χ0) is 32.8. The maximum atomic E-state index is 13.8. The summed E-state index contributed by atoms with van der Waals surface area (Å²) < 4.78 is 30.1. The van der Waals surface area contributed by atoms with Crippen LogP contribution in [0.5, 0.6) is 5.95 Å². The first-order chi connectivity index (χ1) is 19.6. The molecule has 1 heterocycles. The molecule has 0 saturated heterocycles. The molecule has 1 aromatic heterocycles. The Balaban J connectivity index is 2.08. The van der Waals surface area contributed by atoms with Crippen molar-refractivity contribution in [2.45, 2.75) is 131 Å². The lowest BCUT2D eigenvalue weighted by Crippen LogP contribution is -2.59. The highest BCUT2D eigenvalue weighted by Gasteiger charge is 2.59. The molecule has 43 heavy (non-hydrogen) atoms. The summed E-state index contributed by atoms with van der Waals surface area (Å²) in [6.45, 7) is 29.1. The van der Waals surface area contributed by atoms with E-state index in [0.717, 1.165) is 44.1 Å². The highest BCUT2D eigenvalue weighted by molar-refractivity contribution is 6.70. The summed E-state index contributed by atoms with van der Waals surface area (Å²) in [7, 11) is -0.771. The van der Waals surface area contributed by atoms with Crippen LogP contribution in [0.25, 0.3) is 0 Å². The number of aryl methyl sites for hydroxylation is 1. The summed E-state index contributed by atoms with van der Waals surface area (Å²) in [5.41, 5.74) is 0.661. The lowest BCUT2D eigenvalue weighted by atomic mass is 9.45. The molecule has 7 nitrogen and oxygen atoms in total. The van der Waals surface area contributed by atoms with Gasteiger partial charge in [-0.1, -0.05) is 26.0 Å². The number of hydrogen-bond acceptors (Lipinski definition) is 7. The van der Waals surface area contributed by atoms with Gasteiger partial charge in [0.25, 0.3) is 5.95 Å². The van der Waals surface area contributed by atoms with Crippen LogP contribution in [0.15, 0.2) is 21.4 Å². The molecule has 1 aromatic rings. The molecule has 9 heteroatoms. The predicted octanol–water partition coefficient (Wildman–Crippen LogP) is 8.31. The Morgan fingerprint density at radius 2 is 1.70 bits per heavy atom. The molecule has 2 saturated carbocycles. The van der Waals surface area contributed by atoms with E-state index in [2.05, 4.69) is 73.6 Å². The second-order valence-corrected chi connectivity index (χ2v) is 25.0. The Kier molecular flexibility index (Phi) is 10.5. The molecule has 0 radical (unpaired) electrons. The molecular formula is C34H58O7Si2. The van der Waals surface area contributed by atoms with Crippen molar-refractivity contribution >= 4 is 22.6 Å². The average Bonchev–Trinajstić information content (AvgIpc) is 2.85. The molecule has 0 aliphatic heterocycles. The molecule has 0 aromatic carbocycles. The van der Waals surface area contributed by atoms with Crippen molar-refractivity contribution in [1.29, 1.82) is 0 Å². The van der Waals surface area contributed by atoms with Gasteiger partial charge >= 0.3 is 5.97 Å². The number of hydrogen-bond donors (Lipinski definition) is 0. The van der Waals surface area contributed by atoms with E-state index in [1.54, 1.807) is 6.92 Å². The molecule has 0 spiro atoms. The Labute approximate surface area is 262 Å². The first kappa shape index (κ1) is 35.8. The highest BCUT2D eigenvalue weighted by atomic mass is 28.4. The van der Waals surface area contributed by atoms with Crippen LogP contribution in [0.4, 0.5) is 0 Å². The molecule has 2 aliphatic carbocycles. The third-order valence-electron chi connectivity index (χ3n) is 9.99. The summed E-state index contributed by atoms with van der Waals surface area (Å²) in [4.78, 5) is 26.4. The minimum Gasteiger partial charge on any atom is -0.468 e. The van der Waals surface area contributed by atoms with Gasteiger partial charge in [-0.3, -0.25) is 4.79 Å². The van der Waals surface area contributed by atoms with E-state index in [0.29, 0.717) is 17.9 Å². The van der Waals surface area contributed by atoms with Gasteiger partial charge in [0, 0.05) is 0 Å². The van der Waals surface area contributed by atoms with E-state index in [9.17, 15) is 9.59 Å². The van der Waals surface area contributed by atoms with E-state index in [-0.39, 0.29) is 51.2 Å². The van der Waals surface area contributed by atoms with Crippen LogP contribution in [0.2, 0.25) is 39.3 Å². The number of carbonyl (C=O) groups is 1. The van der Waals surface area contributed by atoms with Crippen molar-refractivity contribution in [3.63, 3.8) is 0 Å². The van der Waals surface area contributed by atoms with Gasteiger partial charge in [-0.2, -0.15) is 0 Å². The maximum absolute atomic E-state index is 13.8. The van der Waals surface area contributed by atoms with E-state index < -0.39 is 22.6 Å². The molecule has 3 rings (SSSR count). The fraction of sp³-hybridized carbons (Fsp3) is 0.765. The first-order valence-corrected chi connectivity index (χ1v) is 22.7. The molecule has 0 unspecified atom stereocenters. The number of ether oxygens (including phenoxy) is 2. The van der Waals surface area contributed by atoms with Gasteiger partial charge in [-0.05, 0) is 128 Å². The van der Waals surface area contributed by atoms with Gasteiger partial charge in [-0.25, -0.2) is 4.79 Å². The molecule has 0 N–H and O–H groups in total. The fourth-order valence-electron chi connectivity index (χ4n) is 8.29. The summed E-state index contributed by atoms with van der Waals surface area (Å²) in [6, 6.07) is 0. The lowest BCUT2D eigenvalue weighted by Gasteiger charge is -2.62. The normalized spacial score (nSPS) is 28.4. The Bertz CT molecular complexity index is 1250. The quantitative estimate of drug-likeness (QED) is 0.138. The summed E-state index contributed by atoms with van der Waals surface area (Å²) in [6.07, 6.45) is 6.38. The van der Waals surface area contributed by atoms with Gasteiger partial charge in [0.15, 0.2) is 16.6 Å². The van der Waals surface area contributed by atoms with Crippen LogP contribution in [0, 0.1) is 29.6 Å². The second-order valence-electron chi connectivity index (χ2n) is 16.1. The van der Waals surface area contributed by atoms with E-state index in [1.807, 2.05) is 0 Å². The molecular weight excluding hydrogens is 577 g/mol. The largest absolute Gasteiger partial charge is 0.468 e. The monoisotopic (exact) mass is 634 g/mol. The van der Waals surface area contributed by atoms with Gasteiger partial charge in [0.1, 0.15) is 11.3 Å². The Morgan fingerprint density at radius 3 is 2.23 bits per heavy atom. The van der Waals surface area contributed by atoms with Crippen molar-refractivity contribution < 1.29 is 27.5 Å². The first-order valence-electron chi connectivity index (χ1n) is 15.9. The van der Waals surface area contributed by atoms with E-state index in [1.165, 1.54) is 14.2 Å². The van der Waals surface area contributed by atoms with Crippen LogP contribution in [-0.2, 0) is 20.0 Å². The van der Waals surface area contributed by atoms with Crippen molar-refractivity contribution in [2.24, 2.45) is 22.7 Å². The lowest BCUT2D eigenvalue weighted by molar-refractivity contribution is -0.135. The Hall–Kier alpha value is -1.69. The van der Waals surface area contributed by atoms with Crippen molar-refractivity contribution in [3.05, 3.63) is 39.3 Å². The molecule has 5 atom stereocenters. The van der Waals surface area contributed by atoms with E-state index in [4.69, 9.17) is 22.7 Å². The molecule has 0 amide bonds. The zero-order valence-electron chi connectivity index (χ0n) is 29.2. The number of carbonyl (C=O) groups excluding carboxylic acids is 1. The molecule has 2 aliphatic rings. The number of esters is 1. The van der Waals surface area contributed by atoms with Gasteiger partial charge in [0.2, 0.25) is 5.43 Å². The van der Waals surface area contributed by atoms with Gasteiger partial charge in [-0.15, -0.1) is 0 Å². The standard InChI is InChI=1S/C34H58O7Si2/c1-22-15-16-26-33(5,25(22)21-24-29(35)28(30(36)37-7)23(2)39-31(24)38-8)18-17-27(40-42(9,10)11)34(26,6)20-19-32(3,4)41-43(12,13)14/h25-27H,1,15-21H2,2-14H3/t25-,26-,27-,33-,34+/m1/s1. The summed E-state index contributed by atoms with van der Waals surface area (Å²) in [5, 5.41) is 0. The van der Waals surface area contributed by atoms with E-state index >= 15 is 0 Å². The van der Waals surface area contributed by atoms with Crippen LogP contribution < -0.4 is 10.2 Å². The Morgan fingerprint density at radius 1 is 1.07 bits per heavy atom. The molecule has 0 bridgehead atoms. The third-order valence-corrected chi connectivity index (χ3v) is 12.1. The number of methoxy groups -OCH3 is 2. The minimum absolute atomic E-state index is 0.0228. The maximum Gasteiger partial charge on any atom is 0.345 e. The van der Waals surface area contributed by atoms with Gasteiger partial charge in [0.05, 0.1) is 31.5 Å². The molecule has 244 valence electrons. The number of rotatable bonds is 11. The van der Waals surface area contributed by atoms with Crippen molar-refractivity contribution in [3.8, 4) is 5.95 Å². The summed E-state index contributed by atoms with van der Waals surface area (Å²) >= 11 is 0. The fourth-order valence-corrected chi connectivity index (χ4v) is 11.3. The van der Waals surface area contributed by atoms with Crippen molar-refractivity contribution in [1.82, 2.24) is 0 Å². The van der Waals surface area contributed by atoms with Gasteiger partial charge < -0.3 is 22.7 Å². The van der Waals surface area contributed by atoms with Crippen LogP contribution >= 0.6 is 0 Å².